The molecule has 8 nitrogen and oxygen atoms in total. The summed E-state index contributed by atoms with van der Waals surface area (Å²) in [5.41, 5.74) is 0. The van der Waals surface area contributed by atoms with Crippen LogP contribution in [0.5, 0.6) is 0 Å². The molecule has 0 radical (unpaired) electrons. The van der Waals surface area contributed by atoms with E-state index in [4.69, 9.17) is 4.42 Å². The van der Waals surface area contributed by atoms with Crippen LogP contribution in [0.2, 0.25) is 0 Å². The second-order valence-corrected chi connectivity index (χ2v) is 8.54. The lowest BCUT2D eigenvalue weighted by molar-refractivity contribution is -0.115. The summed E-state index contributed by atoms with van der Waals surface area (Å²) in [7, 11) is 0. The van der Waals surface area contributed by atoms with Crippen molar-refractivity contribution >= 4 is 40.0 Å². The van der Waals surface area contributed by atoms with Crippen LogP contribution in [0.1, 0.15) is 39.0 Å². The molecule has 3 heterocycles. The first-order chi connectivity index (χ1) is 13.1. The third-order valence-corrected chi connectivity index (χ3v) is 6.04. The number of anilines is 2. The monoisotopic (exact) mass is 406 g/mol. The SMILES string of the molecule is CC[C@H](C)n1nccc1NC(=O)[C@H](C)Sc1nnc(NCc2ccco2)s1. The van der Waals surface area contributed by atoms with Crippen molar-refractivity contribution in [3.8, 4) is 0 Å². The molecule has 0 aliphatic heterocycles. The summed E-state index contributed by atoms with van der Waals surface area (Å²) >= 11 is 2.79. The van der Waals surface area contributed by atoms with Gasteiger partial charge in [-0.15, -0.1) is 10.2 Å². The van der Waals surface area contributed by atoms with Gasteiger partial charge in [0.05, 0.1) is 30.3 Å². The van der Waals surface area contributed by atoms with Gasteiger partial charge < -0.3 is 15.1 Å². The summed E-state index contributed by atoms with van der Waals surface area (Å²) in [6, 6.07) is 5.76. The molecule has 2 atom stereocenters. The smallest absolute Gasteiger partial charge is 0.238 e. The van der Waals surface area contributed by atoms with Crippen LogP contribution in [0, 0.1) is 0 Å². The summed E-state index contributed by atoms with van der Waals surface area (Å²) in [5, 5.41) is 19.0. The number of amides is 1. The van der Waals surface area contributed by atoms with Crippen LogP contribution in [0.4, 0.5) is 10.9 Å². The van der Waals surface area contributed by atoms with E-state index in [9.17, 15) is 4.79 Å². The van der Waals surface area contributed by atoms with Crippen LogP contribution in [0.3, 0.4) is 0 Å². The second kappa shape index (κ2) is 9.05. The highest BCUT2D eigenvalue weighted by Gasteiger charge is 2.19. The Kier molecular flexibility index (Phi) is 6.51. The van der Waals surface area contributed by atoms with Crippen LogP contribution in [-0.4, -0.2) is 31.1 Å². The Labute approximate surface area is 165 Å². The molecule has 3 rings (SSSR count). The molecule has 3 aromatic heterocycles. The molecule has 0 fully saturated rings. The fourth-order valence-corrected chi connectivity index (χ4v) is 4.17. The van der Waals surface area contributed by atoms with Crippen molar-refractivity contribution < 1.29 is 9.21 Å². The van der Waals surface area contributed by atoms with Gasteiger partial charge in [-0.25, -0.2) is 4.68 Å². The molecule has 0 bridgehead atoms. The maximum atomic E-state index is 12.5. The number of nitrogens with one attached hydrogen (secondary N) is 2. The first-order valence-corrected chi connectivity index (χ1v) is 10.4. The standard InChI is InChI=1S/C17H22N6O2S2/c1-4-11(2)23-14(7-8-19-23)20-15(24)12(3)26-17-22-21-16(27-17)18-10-13-6-5-9-25-13/h5-9,11-12H,4,10H2,1-3H3,(H,18,21)(H,20,24)/t11-,12-/m0/s1. The van der Waals surface area contributed by atoms with Crippen molar-refractivity contribution in [3.63, 3.8) is 0 Å². The highest BCUT2D eigenvalue weighted by Crippen LogP contribution is 2.30. The number of nitrogens with zero attached hydrogens (tertiary/aromatic N) is 4. The predicted molar refractivity (Wildman–Crippen MR) is 107 cm³/mol. The zero-order chi connectivity index (χ0) is 19.2. The highest BCUT2D eigenvalue weighted by atomic mass is 32.2. The van der Waals surface area contributed by atoms with Crippen molar-refractivity contribution in [3.05, 3.63) is 36.4 Å². The van der Waals surface area contributed by atoms with E-state index in [1.54, 1.807) is 12.5 Å². The summed E-state index contributed by atoms with van der Waals surface area (Å²) in [4.78, 5) is 12.5. The highest BCUT2D eigenvalue weighted by molar-refractivity contribution is 8.02. The Balaban J connectivity index is 1.53. The normalized spacial score (nSPS) is 13.3. The molecular weight excluding hydrogens is 384 g/mol. The lowest BCUT2D eigenvalue weighted by Crippen LogP contribution is -2.24. The van der Waals surface area contributed by atoms with Gasteiger partial charge in [-0.3, -0.25) is 4.79 Å². The minimum atomic E-state index is -0.309. The van der Waals surface area contributed by atoms with E-state index < -0.39 is 0 Å². The molecular formula is C17H22N6O2S2. The molecule has 0 aromatic carbocycles. The Morgan fingerprint density at radius 1 is 1.37 bits per heavy atom. The molecule has 0 saturated carbocycles. The number of furan rings is 1. The number of carbonyl (C=O) groups excluding carboxylic acids is 1. The number of hydrogen-bond acceptors (Lipinski definition) is 8. The van der Waals surface area contributed by atoms with Gasteiger partial charge in [-0.2, -0.15) is 5.10 Å². The Morgan fingerprint density at radius 3 is 2.96 bits per heavy atom. The van der Waals surface area contributed by atoms with Gasteiger partial charge in [0.2, 0.25) is 11.0 Å². The number of hydrogen-bond donors (Lipinski definition) is 2. The van der Waals surface area contributed by atoms with Gasteiger partial charge >= 0.3 is 0 Å². The maximum absolute atomic E-state index is 12.5. The van der Waals surface area contributed by atoms with Gasteiger partial charge in [0.25, 0.3) is 0 Å². The first kappa shape index (κ1) is 19.4. The first-order valence-electron chi connectivity index (χ1n) is 8.67. The topological polar surface area (TPSA) is 97.9 Å². The fraction of sp³-hybridized carbons (Fsp3) is 0.412. The molecule has 0 aliphatic carbocycles. The molecule has 144 valence electrons. The average Bonchev–Trinajstić information content (AvgIpc) is 3.41. The molecule has 27 heavy (non-hydrogen) atoms. The molecule has 0 unspecified atom stereocenters. The minimum absolute atomic E-state index is 0.0923. The van der Waals surface area contributed by atoms with Crippen LogP contribution in [-0.2, 0) is 11.3 Å². The van der Waals surface area contributed by atoms with E-state index in [1.807, 2.05) is 29.8 Å². The van der Waals surface area contributed by atoms with Crippen molar-refractivity contribution in [2.24, 2.45) is 0 Å². The summed E-state index contributed by atoms with van der Waals surface area (Å²) in [5.74, 6) is 1.44. The zero-order valence-electron chi connectivity index (χ0n) is 15.4. The molecule has 0 saturated heterocycles. The van der Waals surface area contributed by atoms with Gasteiger partial charge in [0, 0.05) is 6.07 Å². The molecule has 0 aliphatic rings. The van der Waals surface area contributed by atoms with Crippen LogP contribution in [0.15, 0.2) is 39.4 Å². The molecule has 1 amide bonds. The summed E-state index contributed by atoms with van der Waals surface area (Å²) in [6.07, 6.45) is 4.26. The Morgan fingerprint density at radius 2 is 2.22 bits per heavy atom. The number of thioether (sulfide) groups is 1. The maximum Gasteiger partial charge on any atom is 0.238 e. The van der Waals surface area contributed by atoms with E-state index in [0.29, 0.717) is 17.5 Å². The van der Waals surface area contributed by atoms with Gasteiger partial charge in [0.15, 0.2) is 4.34 Å². The van der Waals surface area contributed by atoms with Gasteiger partial charge in [-0.1, -0.05) is 30.0 Å². The Hall–Kier alpha value is -2.33. The van der Waals surface area contributed by atoms with Crippen LogP contribution in [0.25, 0.3) is 0 Å². The number of carbonyl (C=O) groups is 1. The van der Waals surface area contributed by atoms with Crippen molar-refractivity contribution in [2.75, 3.05) is 10.6 Å². The molecule has 2 N–H and O–H groups in total. The van der Waals surface area contributed by atoms with E-state index in [0.717, 1.165) is 16.5 Å². The van der Waals surface area contributed by atoms with Gasteiger partial charge in [-0.05, 0) is 32.4 Å². The number of rotatable bonds is 9. The lowest BCUT2D eigenvalue weighted by Gasteiger charge is -2.15. The van der Waals surface area contributed by atoms with E-state index in [2.05, 4.69) is 39.8 Å². The zero-order valence-corrected chi connectivity index (χ0v) is 17.0. The van der Waals surface area contributed by atoms with E-state index in [1.165, 1.54) is 23.1 Å². The average molecular weight is 407 g/mol. The largest absolute Gasteiger partial charge is 0.467 e. The predicted octanol–water partition coefficient (Wildman–Crippen LogP) is 4.03. The van der Waals surface area contributed by atoms with Gasteiger partial charge in [0.1, 0.15) is 11.6 Å². The Bertz CT molecular complexity index is 861. The van der Waals surface area contributed by atoms with E-state index >= 15 is 0 Å². The van der Waals surface area contributed by atoms with Crippen molar-refractivity contribution in [1.82, 2.24) is 20.0 Å². The number of aromatic nitrogens is 4. The lowest BCUT2D eigenvalue weighted by atomic mass is 10.3. The minimum Gasteiger partial charge on any atom is -0.467 e. The van der Waals surface area contributed by atoms with Crippen LogP contribution < -0.4 is 10.6 Å². The molecule has 3 aromatic rings. The summed E-state index contributed by atoms with van der Waals surface area (Å²) in [6.45, 7) is 6.55. The third kappa shape index (κ3) is 5.10. The third-order valence-electron chi connectivity index (χ3n) is 3.98. The molecule has 10 heteroatoms. The van der Waals surface area contributed by atoms with E-state index in [-0.39, 0.29) is 17.2 Å². The van der Waals surface area contributed by atoms with Crippen molar-refractivity contribution in [1.29, 1.82) is 0 Å². The second-order valence-electron chi connectivity index (χ2n) is 5.97. The fourth-order valence-electron chi connectivity index (χ4n) is 2.27. The van der Waals surface area contributed by atoms with Crippen molar-refractivity contribution in [2.45, 2.75) is 49.4 Å². The quantitative estimate of drug-likeness (QED) is 0.518. The molecule has 0 spiro atoms. The summed E-state index contributed by atoms with van der Waals surface area (Å²) < 4.78 is 7.83. The van der Waals surface area contributed by atoms with Crippen LogP contribution >= 0.6 is 23.1 Å².